The number of hydrogen-bond acceptors (Lipinski definition) is 2. The lowest BCUT2D eigenvalue weighted by Gasteiger charge is -2.55. The van der Waals surface area contributed by atoms with Gasteiger partial charge < -0.3 is 14.6 Å². The average Bonchev–Trinajstić information content (AvgIpc) is 3.33. The molecule has 2 spiro atoms. The van der Waals surface area contributed by atoms with E-state index in [1.807, 2.05) is 14.1 Å². The number of nitrogens with zero attached hydrogens (tertiary/aromatic N) is 1. The fourth-order valence-corrected chi connectivity index (χ4v) is 8.89. The van der Waals surface area contributed by atoms with Crippen molar-refractivity contribution in [2.24, 2.45) is 11.3 Å². The summed E-state index contributed by atoms with van der Waals surface area (Å²) in [4.78, 5) is 0. The molecule has 0 radical (unpaired) electrons. The van der Waals surface area contributed by atoms with Gasteiger partial charge >= 0.3 is 0 Å². The number of hydroxylamine groups is 3. The van der Waals surface area contributed by atoms with Gasteiger partial charge in [-0.15, -0.1) is 0 Å². The molecule has 2 heterocycles. The molecule has 1 saturated heterocycles. The Hall–Kier alpha value is -1.94. The minimum Gasteiger partial charge on any atom is -0.633 e. The summed E-state index contributed by atoms with van der Waals surface area (Å²) < 4.78 is 7.16. The first kappa shape index (κ1) is 21.4. The van der Waals surface area contributed by atoms with E-state index in [1.165, 1.54) is 40.3 Å². The Bertz CT molecular complexity index is 1240. The van der Waals surface area contributed by atoms with E-state index >= 15 is 0 Å². The van der Waals surface area contributed by atoms with Crippen molar-refractivity contribution in [2.45, 2.75) is 81.5 Å². The topological polar surface area (TPSA) is 32.3 Å². The molecule has 178 valence electrons. The number of benzene rings is 2. The van der Waals surface area contributed by atoms with Crippen molar-refractivity contribution in [2.75, 3.05) is 14.1 Å². The molecule has 2 aliphatic heterocycles. The van der Waals surface area contributed by atoms with Gasteiger partial charge in [-0.05, 0) is 83.3 Å². The van der Waals surface area contributed by atoms with Crippen molar-refractivity contribution in [3.05, 3.63) is 76.5 Å². The fourth-order valence-electron chi connectivity index (χ4n) is 8.89. The molecule has 2 bridgehead atoms. The maximum absolute atomic E-state index is 12.9. The highest BCUT2D eigenvalue weighted by molar-refractivity contribution is 5.83. The lowest BCUT2D eigenvalue weighted by molar-refractivity contribution is -0.869. The second-order valence-electron chi connectivity index (χ2n) is 12.6. The van der Waals surface area contributed by atoms with E-state index in [4.69, 9.17) is 4.74 Å². The van der Waals surface area contributed by atoms with Crippen LogP contribution < -0.4 is 0 Å². The summed E-state index contributed by atoms with van der Waals surface area (Å²) >= 11 is 0. The Morgan fingerprint density at radius 1 is 1.00 bits per heavy atom. The molecule has 3 heteroatoms. The van der Waals surface area contributed by atoms with Crippen LogP contribution >= 0.6 is 0 Å². The summed E-state index contributed by atoms with van der Waals surface area (Å²) in [5, 5.41) is 15.5. The maximum atomic E-state index is 12.9. The molecule has 6 atom stereocenters. The fraction of sp³-hybridized carbons (Fsp3) is 0.548. The van der Waals surface area contributed by atoms with Crippen LogP contribution in [-0.2, 0) is 4.74 Å². The Morgan fingerprint density at radius 3 is 2.65 bits per heavy atom. The Balaban J connectivity index is 1.27. The summed E-state index contributed by atoms with van der Waals surface area (Å²) in [6, 6.07) is 16.0. The largest absolute Gasteiger partial charge is 0.633 e. The standard InChI is InChI=1S/C31H37NO2/c1-29-15-14-25-19-24-10-11-26(32(2,3)33)20-30(24)16-17-31(25,34-30)28(29)13-12-27(29)23-9-8-21-6-4-5-7-22(21)18-23/h4-9,14,18-19,26-28H,10-13,15-17,20H2,1-3H3/t26-,27-,28-,29-,30-,31?/m1/s1. The lowest BCUT2D eigenvalue weighted by Crippen LogP contribution is -2.56. The van der Waals surface area contributed by atoms with Gasteiger partial charge in [0.25, 0.3) is 0 Å². The van der Waals surface area contributed by atoms with Crippen LogP contribution in [0.3, 0.4) is 0 Å². The molecule has 2 aromatic carbocycles. The third-order valence-electron chi connectivity index (χ3n) is 10.7. The molecule has 5 aliphatic rings. The summed E-state index contributed by atoms with van der Waals surface area (Å²) in [5.74, 6) is 1.11. The molecule has 7 rings (SSSR count). The highest BCUT2D eigenvalue weighted by Gasteiger charge is 2.67. The molecular formula is C31H37NO2. The van der Waals surface area contributed by atoms with Gasteiger partial charge in [0.05, 0.1) is 31.3 Å². The first-order valence-electron chi connectivity index (χ1n) is 13.4. The van der Waals surface area contributed by atoms with Crippen LogP contribution in [0.4, 0.5) is 0 Å². The molecule has 0 aromatic heterocycles. The SMILES string of the molecule is C[C@]12CC=C3C=C4CC[C@@H]([N+](C)(C)[O-])C[C@]45CCC3(O5)[C@@H]1CC[C@@H]2c1ccc2ccccc2c1. The number of allylic oxidation sites excluding steroid dienone is 1. The summed E-state index contributed by atoms with van der Waals surface area (Å²) in [6.07, 6.45) is 13.8. The molecular weight excluding hydrogens is 418 g/mol. The van der Waals surface area contributed by atoms with Crippen LogP contribution in [0, 0.1) is 16.5 Å². The van der Waals surface area contributed by atoms with E-state index in [0.717, 1.165) is 38.5 Å². The maximum Gasteiger partial charge on any atom is 0.0975 e. The summed E-state index contributed by atoms with van der Waals surface area (Å²) in [5.41, 5.74) is 4.31. The molecule has 0 N–H and O–H groups in total. The highest BCUT2D eigenvalue weighted by Crippen LogP contribution is 2.69. The summed E-state index contributed by atoms with van der Waals surface area (Å²) in [6.45, 7) is 2.54. The smallest absolute Gasteiger partial charge is 0.0975 e. The number of fused-ring (bicyclic) bond motifs is 2. The average molecular weight is 456 g/mol. The van der Waals surface area contributed by atoms with E-state index in [-0.39, 0.29) is 27.3 Å². The number of ether oxygens (including phenoxy) is 1. The highest BCUT2D eigenvalue weighted by atomic mass is 16.5. The molecule has 34 heavy (non-hydrogen) atoms. The lowest BCUT2D eigenvalue weighted by atomic mass is 9.58. The molecule has 2 aromatic rings. The number of hydrogen-bond donors (Lipinski definition) is 0. The van der Waals surface area contributed by atoms with Crippen molar-refractivity contribution in [1.29, 1.82) is 0 Å². The quantitative estimate of drug-likeness (QED) is 0.360. The van der Waals surface area contributed by atoms with Gasteiger partial charge in [-0.25, -0.2) is 0 Å². The van der Waals surface area contributed by atoms with Crippen molar-refractivity contribution in [3.8, 4) is 0 Å². The molecule has 0 amide bonds. The Labute approximate surface area is 203 Å². The Morgan fingerprint density at radius 2 is 1.82 bits per heavy atom. The Kier molecular flexibility index (Phi) is 4.29. The zero-order valence-electron chi connectivity index (χ0n) is 20.8. The van der Waals surface area contributed by atoms with E-state index in [1.54, 1.807) is 0 Å². The normalized spacial score (nSPS) is 40.9. The molecule has 3 fully saturated rings. The van der Waals surface area contributed by atoms with Crippen molar-refractivity contribution < 1.29 is 9.38 Å². The second kappa shape index (κ2) is 6.84. The van der Waals surface area contributed by atoms with E-state index < -0.39 is 0 Å². The number of quaternary nitrogens is 1. The van der Waals surface area contributed by atoms with Crippen LogP contribution in [0.1, 0.15) is 69.8 Å². The third-order valence-corrected chi connectivity index (χ3v) is 10.7. The zero-order chi connectivity index (χ0) is 23.3. The van der Waals surface area contributed by atoms with Crippen LogP contribution in [-0.4, -0.2) is 36.0 Å². The van der Waals surface area contributed by atoms with E-state index in [9.17, 15) is 5.21 Å². The molecule has 2 saturated carbocycles. The van der Waals surface area contributed by atoms with Gasteiger partial charge in [0.2, 0.25) is 0 Å². The predicted octanol–water partition coefficient (Wildman–Crippen LogP) is 7.02. The molecule has 3 nitrogen and oxygen atoms in total. The van der Waals surface area contributed by atoms with Crippen molar-refractivity contribution in [3.63, 3.8) is 0 Å². The van der Waals surface area contributed by atoms with Gasteiger partial charge in [-0.2, -0.15) is 0 Å². The minimum absolute atomic E-state index is 0.140. The van der Waals surface area contributed by atoms with Gasteiger partial charge in [-0.3, -0.25) is 0 Å². The number of rotatable bonds is 2. The van der Waals surface area contributed by atoms with Crippen LogP contribution in [0.5, 0.6) is 0 Å². The molecule has 3 aliphatic carbocycles. The molecule has 1 unspecified atom stereocenters. The van der Waals surface area contributed by atoms with Crippen LogP contribution in [0.2, 0.25) is 0 Å². The van der Waals surface area contributed by atoms with Crippen LogP contribution in [0.25, 0.3) is 10.8 Å². The predicted molar refractivity (Wildman–Crippen MR) is 137 cm³/mol. The monoisotopic (exact) mass is 455 g/mol. The van der Waals surface area contributed by atoms with Gasteiger partial charge in [-0.1, -0.05) is 61.5 Å². The summed E-state index contributed by atoms with van der Waals surface area (Å²) in [7, 11) is 3.63. The van der Waals surface area contributed by atoms with Crippen molar-refractivity contribution in [1.82, 2.24) is 0 Å². The van der Waals surface area contributed by atoms with E-state index in [2.05, 4.69) is 61.5 Å². The van der Waals surface area contributed by atoms with Crippen molar-refractivity contribution >= 4 is 10.8 Å². The first-order valence-corrected chi connectivity index (χ1v) is 13.4. The first-order chi connectivity index (χ1) is 16.2. The third kappa shape index (κ3) is 2.75. The second-order valence-corrected chi connectivity index (χ2v) is 12.6. The zero-order valence-corrected chi connectivity index (χ0v) is 20.8. The van der Waals surface area contributed by atoms with Gasteiger partial charge in [0, 0.05) is 12.8 Å². The van der Waals surface area contributed by atoms with Gasteiger partial charge in [0.1, 0.15) is 0 Å². The van der Waals surface area contributed by atoms with Crippen LogP contribution in [0.15, 0.2) is 65.8 Å². The minimum atomic E-state index is -0.195. The van der Waals surface area contributed by atoms with E-state index in [0.29, 0.717) is 11.8 Å². The van der Waals surface area contributed by atoms with Gasteiger partial charge in [0.15, 0.2) is 0 Å².